The first kappa shape index (κ1) is 11.0. The lowest BCUT2D eigenvalue weighted by Gasteiger charge is -1.90. The average Bonchev–Trinajstić information content (AvgIpc) is 2.40. The van der Waals surface area contributed by atoms with E-state index in [1.54, 1.807) is 0 Å². The van der Waals surface area contributed by atoms with Crippen LogP contribution in [0.25, 0.3) is 0 Å². The monoisotopic (exact) mass is 170 g/mol. The summed E-state index contributed by atoms with van der Waals surface area (Å²) in [7, 11) is 0. The van der Waals surface area contributed by atoms with E-state index in [-0.39, 0.29) is 5.56 Å². The molecule has 1 rings (SSSR count). The van der Waals surface area contributed by atoms with Crippen molar-refractivity contribution < 1.29 is 0 Å². The van der Waals surface area contributed by atoms with Gasteiger partial charge in [-0.3, -0.25) is 9.89 Å². The van der Waals surface area contributed by atoms with E-state index < -0.39 is 0 Å². The first-order valence-electron chi connectivity index (χ1n) is 4.51. The van der Waals surface area contributed by atoms with Crippen molar-refractivity contribution in [2.24, 2.45) is 0 Å². The Morgan fingerprint density at radius 2 is 1.83 bits per heavy atom. The molecule has 0 bridgehead atoms. The zero-order valence-electron chi connectivity index (χ0n) is 8.32. The second-order valence-electron chi connectivity index (χ2n) is 2.43. The molecule has 0 saturated carbocycles. The van der Waals surface area contributed by atoms with Gasteiger partial charge in [0.1, 0.15) is 0 Å². The van der Waals surface area contributed by atoms with Crippen molar-refractivity contribution in [3.05, 3.63) is 21.6 Å². The first-order valence-corrected chi connectivity index (χ1v) is 4.51. The van der Waals surface area contributed by atoms with Crippen LogP contribution in [0.4, 0.5) is 0 Å². The summed E-state index contributed by atoms with van der Waals surface area (Å²) in [4.78, 5) is 10.9. The van der Waals surface area contributed by atoms with Crippen LogP contribution in [0.5, 0.6) is 0 Å². The van der Waals surface area contributed by atoms with E-state index in [4.69, 9.17) is 0 Å². The van der Waals surface area contributed by atoms with Gasteiger partial charge in [0.2, 0.25) is 0 Å². The fourth-order valence-electron chi connectivity index (χ4n) is 1.02. The van der Waals surface area contributed by atoms with E-state index in [0.29, 0.717) is 0 Å². The fourth-order valence-corrected chi connectivity index (χ4v) is 1.02. The highest BCUT2D eigenvalue weighted by Crippen LogP contribution is 1.99. The minimum Gasteiger partial charge on any atom is -0.302 e. The molecule has 1 aromatic heterocycles. The van der Waals surface area contributed by atoms with Crippen LogP contribution in [0, 0.1) is 6.92 Å². The lowest BCUT2D eigenvalue weighted by atomic mass is 10.1. The normalized spacial score (nSPS) is 9.00. The summed E-state index contributed by atoms with van der Waals surface area (Å²) in [6, 6.07) is 0. The highest BCUT2D eigenvalue weighted by atomic mass is 16.1. The van der Waals surface area contributed by atoms with Gasteiger partial charge >= 0.3 is 0 Å². The number of aromatic nitrogens is 2. The summed E-state index contributed by atoms with van der Waals surface area (Å²) >= 11 is 0. The summed E-state index contributed by atoms with van der Waals surface area (Å²) in [6.07, 6.45) is 1.88. The number of hydrogen-bond donors (Lipinski definition) is 2. The average molecular weight is 170 g/mol. The largest absolute Gasteiger partial charge is 0.302 e. The lowest BCUT2D eigenvalue weighted by molar-refractivity contribution is 0.906. The number of rotatable bonds is 2. The van der Waals surface area contributed by atoms with Gasteiger partial charge in [0.25, 0.3) is 5.56 Å². The predicted molar refractivity (Wildman–Crippen MR) is 51.5 cm³/mol. The molecule has 0 aliphatic heterocycles. The Labute approximate surface area is 73.2 Å². The molecule has 0 radical (unpaired) electrons. The maximum atomic E-state index is 10.9. The molecule has 0 aliphatic rings. The van der Waals surface area contributed by atoms with Crippen LogP contribution in [0.1, 0.15) is 38.4 Å². The van der Waals surface area contributed by atoms with E-state index in [1.165, 1.54) is 0 Å². The smallest absolute Gasteiger partial charge is 0.267 e. The molecule has 3 nitrogen and oxygen atoms in total. The van der Waals surface area contributed by atoms with E-state index >= 15 is 0 Å². The second kappa shape index (κ2) is 5.63. The van der Waals surface area contributed by atoms with Crippen molar-refractivity contribution in [3.8, 4) is 0 Å². The highest BCUT2D eigenvalue weighted by molar-refractivity contribution is 5.14. The molecule has 0 fully saturated rings. The minimum absolute atomic E-state index is 0.0272. The van der Waals surface area contributed by atoms with Gasteiger partial charge in [-0.05, 0) is 13.3 Å². The SMILES string of the molecule is CC.CCCc1c(C)[nH][nH]c1=O. The number of aryl methyl sites for hydroxylation is 1. The molecule has 0 amide bonds. The third kappa shape index (κ3) is 2.57. The summed E-state index contributed by atoms with van der Waals surface area (Å²) in [5, 5.41) is 5.33. The number of H-pyrrole nitrogens is 2. The fraction of sp³-hybridized carbons (Fsp3) is 0.667. The molecule has 1 heterocycles. The van der Waals surface area contributed by atoms with Crippen molar-refractivity contribution in [3.63, 3.8) is 0 Å². The van der Waals surface area contributed by atoms with Crippen molar-refractivity contribution in [1.29, 1.82) is 0 Å². The van der Waals surface area contributed by atoms with Gasteiger partial charge in [-0.15, -0.1) is 0 Å². The van der Waals surface area contributed by atoms with Crippen LogP contribution in [0.2, 0.25) is 0 Å². The molecule has 0 aromatic carbocycles. The molecule has 0 spiro atoms. The topological polar surface area (TPSA) is 48.6 Å². The predicted octanol–water partition coefficient (Wildman–Crippen LogP) is 1.99. The number of nitrogens with one attached hydrogen (secondary N) is 2. The molecule has 70 valence electrons. The van der Waals surface area contributed by atoms with Crippen molar-refractivity contribution >= 4 is 0 Å². The molecular formula is C9H18N2O. The van der Waals surface area contributed by atoms with E-state index in [2.05, 4.69) is 17.1 Å². The number of hydrogen-bond acceptors (Lipinski definition) is 1. The molecule has 0 aliphatic carbocycles. The standard InChI is InChI=1S/C7H12N2O.C2H6/c1-3-4-6-5(2)8-9-7(6)10;1-2/h3-4H2,1-2H3,(H2,8,9,10);1-2H3. The third-order valence-corrected chi connectivity index (χ3v) is 1.59. The van der Waals surface area contributed by atoms with Gasteiger partial charge < -0.3 is 5.10 Å². The molecule has 0 atom stereocenters. The first-order chi connectivity index (χ1) is 5.75. The van der Waals surface area contributed by atoms with Crippen LogP contribution in [0.15, 0.2) is 4.79 Å². The van der Waals surface area contributed by atoms with Crippen LogP contribution >= 0.6 is 0 Å². The minimum atomic E-state index is 0.0272. The highest BCUT2D eigenvalue weighted by Gasteiger charge is 2.02. The quantitative estimate of drug-likeness (QED) is 0.700. The Bertz CT molecular complexity index is 260. The maximum Gasteiger partial charge on any atom is 0.267 e. The van der Waals surface area contributed by atoms with Gasteiger partial charge in [0.15, 0.2) is 0 Å². The van der Waals surface area contributed by atoms with Crippen LogP contribution < -0.4 is 5.56 Å². The summed E-state index contributed by atoms with van der Waals surface area (Å²) in [5.74, 6) is 0. The summed E-state index contributed by atoms with van der Waals surface area (Å²) in [6.45, 7) is 7.97. The van der Waals surface area contributed by atoms with Crippen LogP contribution in [-0.2, 0) is 6.42 Å². The second-order valence-corrected chi connectivity index (χ2v) is 2.43. The molecule has 0 saturated heterocycles. The van der Waals surface area contributed by atoms with E-state index in [9.17, 15) is 4.79 Å². The molecular weight excluding hydrogens is 152 g/mol. The Morgan fingerprint density at radius 3 is 2.17 bits per heavy atom. The van der Waals surface area contributed by atoms with E-state index in [1.807, 2.05) is 20.8 Å². The Morgan fingerprint density at radius 1 is 1.25 bits per heavy atom. The van der Waals surface area contributed by atoms with Crippen molar-refractivity contribution in [2.45, 2.75) is 40.5 Å². The third-order valence-electron chi connectivity index (χ3n) is 1.59. The molecule has 12 heavy (non-hydrogen) atoms. The van der Waals surface area contributed by atoms with E-state index in [0.717, 1.165) is 24.1 Å². The maximum absolute atomic E-state index is 10.9. The van der Waals surface area contributed by atoms with Gasteiger partial charge in [-0.2, -0.15) is 0 Å². The Balaban J connectivity index is 0.000000561. The van der Waals surface area contributed by atoms with Gasteiger partial charge in [0, 0.05) is 11.3 Å². The molecule has 0 unspecified atom stereocenters. The molecule has 2 N–H and O–H groups in total. The lowest BCUT2D eigenvalue weighted by Crippen LogP contribution is -2.05. The van der Waals surface area contributed by atoms with Crippen molar-refractivity contribution in [2.75, 3.05) is 0 Å². The van der Waals surface area contributed by atoms with Gasteiger partial charge in [-0.1, -0.05) is 27.2 Å². The summed E-state index contributed by atoms with van der Waals surface area (Å²) < 4.78 is 0. The van der Waals surface area contributed by atoms with Crippen LogP contribution in [-0.4, -0.2) is 10.2 Å². The molecule has 1 aromatic rings. The Hall–Kier alpha value is -0.990. The Kier molecular flexibility index (Phi) is 5.17. The number of aromatic amines is 2. The van der Waals surface area contributed by atoms with Crippen molar-refractivity contribution in [1.82, 2.24) is 10.2 Å². The van der Waals surface area contributed by atoms with Gasteiger partial charge in [0.05, 0.1) is 0 Å². The zero-order chi connectivity index (χ0) is 9.56. The van der Waals surface area contributed by atoms with Gasteiger partial charge in [-0.25, -0.2) is 0 Å². The van der Waals surface area contributed by atoms with Crippen LogP contribution in [0.3, 0.4) is 0 Å². The molecule has 3 heteroatoms. The zero-order valence-corrected chi connectivity index (χ0v) is 8.32. The summed E-state index contributed by atoms with van der Waals surface area (Å²) in [5.41, 5.74) is 1.88.